The van der Waals surface area contributed by atoms with Crippen molar-refractivity contribution in [3.05, 3.63) is 87.4 Å². The fourth-order valence-corrected chi connectivity index (χ4v) is 5.17. The molecule has 7 nitrogen and oxygen atoms in total. The molecule has 1 amide bonds. The van der Waals surface area contributed by atoms with Crippen LogP contribution >= 0.6 is 11.3 Å². The first kappa shape index (κ1) is 23.0. The summed E-state index contributed by atoms with van der Waals surface area (Å²) in [4.78, 5) is 34.5. The molecule has 0 spiro atoms. The molecule has 1 N–H and O–H groups in total. The van der Waals surface area contributed by atoms with Crippen molar-refractivity contribution in [1.82, 2.24) is 19.7 Å². The van der Waals surface area contributed by atoms with Crippen molar-refractivity contribution < 1.29 is 9.18 Å². The lowest BCUT2D eigenvalue weighted by Gasteiger charge is -2.36. The van der Waals surface area contributed by atoms with E-state index in [1.165, 1.54) is 28.2 Å². The Kier molecular flexibility index (Phi) is 6.50. The minimum absolute atomic E-state index is 0.0379. The predicted molar refractivity (Wildman–Crippen MR) is 136 cm³/mol. The third kappa shape index (κ3) is 4.90. The number of thiazole rings is 1. The Morgan fingerprint density at radius 3 is 2.49 bits per heavy atom. The highest BCUT2D eigenvalue weighted by molar-refractivity contribution is 7.12. The second-order valence-corrected chi connectivity index (χ2v) is 9.42. The van der Waals surface area contributed by atoms with Crippen molar-refractivity contribution >= 4 is 22.9 Å². The lowest BCUT2D eigenvalue weighted by molar-refractivity contribution is -0.131. The summed E-state index contributed by atoms with van der Waals surface area (Å²) in [6.45, 7) is 4.45. The second kappa shape index (κ2) is 9.87. The van der Waals surface area contributed by atoms with Crippen LogP contribution in [0.1, 0.15) is 17.7 Å². The molecule has 1 fully saturated rings. The number of hydrogen-bond acceptors (Lipinski definition) is 5. The topological polar surface area (TPSA) is 74.2 Å². The van der Waals surface area contributed by atoms with Gasteiger partial charge in [-0.15, -0.1) is 11.3 Å². The number of aromatic nitrogens is 3. The van der Waals surface area contributed by atoms with Crippen LogP contribution < -0.4 is 10.5 Å². The summed E-state index contributed by atoms with van der Waals surface area (Å²) in [5.74, 6) is -0.218. The molecule has 35 heavy (non-hydrogen) atoms. The van der Waals surface area contributed by atoms with Crippen LogP contribution in [0.2, 0.25) is 0 Å². The molecule has 1 saturated heterocycles. The summed E-state index contributed by atoms with van der Waals surface area (Å²) >= 11 is 1.40. The van der Waals surface area contributed by atoms with E-state index in [2.05, 4.69) is 15.0 Å². The summed E-state index contributed by atoms with van der Waals surface area (Å²) < 4.78 is 14.6. The van der Waals surface area contributed by atoms with Gasteiger partial charge in [0.25, 0.3) is 5.56 Å². The molecule has 0 bridgehead atoms. The van der Waals surface area contributed by atoms with Crippen LogP contribution in [0.5, 0.6) is 0 Å². The highest BCUT2D eigenvalue weighted by Crippen LogP contribution is 2.23. The van der Waals surface area contributed by atoms with Gasteiger partial charge in [-0.05, 0) is 37.6 Å². The van der Waals surface area contributed by atoms with Gasteiger partial charge in [-0.3, -0.25) is 14.7 Å². The highest BCUT2D eigenvalue weighted by Gasteiger charge is 2.23. The molecule has 3 heterocycles. The molecular weight excluding hydrogens is 465 g/mol. The van der Waals surface area contributed by atoms with Crippen LogP contribution in [0.25, 0.3) is 16.4 Å². The molecule has 2 aromatic heterocycles. The number of nitrogens with zero attached hydrogens (tertiary/aromatic N) is 4. The Labute approximate surface area is 206 Å². The van der Waals surface area contributed by atoms with Gasteiger partial charge in [-0.2, -0.15) is 4.68 Å². The van der Waals surface area contributed by atoms with Crippen LogP contribution in [-0.2, 0) is 11.2 Å². The van der Waals surface area contributed by atoms with Crippen molar-refractivity contribution in [2.24, 2.45) is 0 Å². The van der Waals surface area contributed by atoms with Crippen LogP contribution in [0.3, 0.4) is 0 Å². The number of carbonyl (C=O) groups excluding carboxylic acids is 1. The van der Waals surface area contributed by atoms with Gasteiger partial charge in [0.15, 0.2) is 0 Å². The quantitative estimate of drug-likeness (QED) is 0.442. The zero-order valence-corrected chi connectivity index (χ0v) is 20.2. The molecular formula is C26H26FN5O2S. The lowest BCUT2D eigenvalue weighted by Crippen LogP contribution is -2.48. The average Bonchev–Trinajstić information content (AvgIpc) is 3.48. The number of aromatic amines is 1. The van der Waals surface area contributed by atoms with Crippen molar-refractivity contribution in [1.29, 1.82) is 0 Å². The van der Waals surface area contributed by atoms with E-state index in [9.17, 15) is 14.0 Å². The molecule has 0 unspecified atom stereocenters. The molecule has 0 aliphatic carbocycles. The van der Waals surface area contributed by atoms with E-state index >= 15 is 0 Å². The fourth-order valence-electron chi connectivity index (χ4n) is 4.37. The number of carbonyl (C=O) groups is 1. The SMILES string of the molecule is Cc1[nH]n(-c2nc(-c3ccccc3)cs2)c(=O)c1CCC(=O)N1CCN(c2ccc(F)cc2)CC1. The average molecular weight is 492 g/mol. The Bertz CT molecular complexity index is 1370. The van der Waals surface area contributed by atoms with Crippen LogP contribution in [0, 0.1) is 12.7 Å². The summed E-state index contributed by atoms with van der Waals surface area (Å²) in [6, 6.07) is 16.3. The molecule has 4 aromatic rings. The van der Waals surface area contributed by atoms with E-state index in [4.69, 9.17) is 0 Å². The first-order chi connectivity index (χ1) is 17.0. The Morgan fingerprint density at radius 1 is 1.06 bits per heavy atom. The number of halogens is 1. The first-order valence-electron chi connectivity index (χ1n) is 11.6. The Balaban J connectivity index is 1.21. The summed E-state index contributed by atoms with van der Waals surface area (Å²) in [5, 5.41) is 5.63. The van der Waals surface area contributed by atoms with Crippen molar-refractivity contribution in [2.75, 3.05) is 31.1 Å². The van der Waals surface area contributed by atoms with E-state index in [0.29, 0.717) is 43.3 Å². The minimum Gasteiger partial charge on any atom is -0.368 e. The Hall–Kier alpha value is -3.72. The normalized spacial score (nSPS) is 13.9. The maximum atomic E-state index is 13.2. The number of rotatable bonds is 6. The number of aryl methyl sites for hydroxylation is 1. The molecule has 0 saturated carbocycles. The zero-order chi connectivity index (χ0) is 24.4. The number of piperazine rings is 1. The van der Waals surface area contributed by atoms with Crippen molar-refractivity contribution in [3.63, 3.8) is 0 Å². The third-order valence-corrected chi connectivity index (χ3v) is 7.19. The van der Waals surface area contributed by atoms with Gasteiger partial charge in [0.1, 0.15) is 5.82 Å². The monoisotopic (exact) mass is 491 g/mol. The van der Waals surface area contributed by atoms with Crippen LogP contribution in [0.15, 0.2) is 64.8 Å². The number of anilines is 1. The van der Waals surface area contributed by atoms with Gasteiger partial charge in [0.05, 0.1) is 5.69 Å². The molecule has 2 aromatic carbocycles. The largest absolute Gasteiger partial charge is 0.368 e. The number of nitrogens with one attached hydrogen (secondary N) is 1. The van der Waals surface area contributed by atoms with Crippen LogP contribution in [0.4, 0.5) is 10.1 Å². The van der Waals surface area contributed by atoms with E-state index in [-0.39, 0.29) is 23.7 Å². The van der Waals surface area contributed by atoms with E-state index in [1.807, 2.05) is 47.5 Å². The van der Waals surface area contributed by atoms with E-state index < -0.39 is 0 Å². The smallest absolute Gasteiger partial charge is 0.276 e. The number of hydrogen-bond donors (Lipinski definition) is 1. The second-order valence-electron chi connectivity index (χ2n) is 8.58. The van der Waals surface area contributed by atoms with Gasteiger partial charge >= 0.3 is 0 Å². The Morgan fingerprint density at radius 2 is 1.77 bits per heavy atom. The summed E-state index contributed by atoms with van der Waals surface area (Å²) in [5.41, 5.74) is 3.98. The highest BCUT2D eigenvalue weighted by atomic mass is 32.1. The maximum absolute atomic E-state index is 13.2. The predicted octanol–water partition coefficient (Wildman–Crippen LogP) is 4.02. The molecule has 9 heteroatoms. The number of H-pyrrole nitrogens is 1. The van der Waals surface area contributed by atoms with Gasteiger partial charge in [-0.1, -0.05) is 30.3 Å². The van der Waals surface area contributed by atoms with Crippen LogP contribution in [-0.4, -0.2) is 51.8 Å². The van der Waals surface area contributed by atoms with Crippen molar-refractivity contribution in [2.45, 2.75) is 19.8 Å². The molecule has 1 aliphatic rings. The lowest BCUT2D eigenvalue weighted by atomic mass is 10.1. The molecule has 180 valence electrons. The van der Waals surface area contributed by atoms with Gasteiger partial charge in [0, 0.05) is 60.5 Å². The third-order valence-electron chi connectivity index (χ3n) is 6.36. The van der Waals surface area contributed by atoms with Crippen molar-refractivity contribution in [3.8, 4) is 16.4 Å². The standard InChI is InChI=1S/C26H26FN5O2S/c1-18-22(25(34)32(29-18)26-28-23(17-35-26)19-5-3-2-4-6-19)11-12-24(33)31-15-13-30(14-16-31)21-9-7-20(27)8-10-21/h2-10,17,29H,11-16H2,1H3. The van der Waals surface area contributed by atoms with Gasteiger partial charge in [0.2, 0.25) is 11.0 Å². The zero-order valence-electron chi connectivity index (χ0n) is 19.4. The summed E-state index contributed by atoms with van der Waals surface area (Å²) in [7, 11) is 0. The fraction of sp³-hybridized carbons (Fsp3) is 0.269. The molecule has 5 rings (SSSR count). The molecule has 0 radical (unpaired) electrons. The number of amides is 1. The first-order valence-corrected chi connectivity index (χ1v) is 12.5. The van der Waals surface area contributed by atoms with E-state index in [0.717, 1.165) is 22.6 Å². The molecule has 0 atom stereocenters. The molecule has 1 aliphatic heterocycles. The maximum Gasteiger partial charge on any atom is 0.276 e. The van der Waals surface area contributed by atoms with Gasteiger partial charge < -0.3 is 9.80 Å². The summed E-state index contributed by atoms with van der Waals surface area (Å²) in [6.07, 6.45) is 0.652. The minimum atomic E-state index is -0.256. The van der Waals surface area contributed by atoms with Gasteiger partial charge in [-0.25, -0.2) is 9.37 Å². The van der Waals surface area contributed by atoms with E-state index in [1.54, 1.807) is 12.1 Å². The number of benzene rings is 2.